The topological polar surface area (TPSA) is 17.1 Å². The van der Waals surface area contributed by atoms with E-state index in [1.165, 1.54) is 0 Å². The van der Waals surface area contributed by atoms with Gasteiger partial charge in [0.05, 0.1) is 0 Å². The first kappa shape index (κ1) is 10.5. The summed E-state index contributed by atoms with van der Waals surface area (Å²) < 4.78 is 0. The van der Waals surface area contributed by atoms with Gasteiger partial charge in [-0.25, -0.2) is 0 Å². The minimum atomic E-state index is 0.105. The maximum Gasteiger partial charge on any atom is 0.160 e. The summed E-state index contributed by atoms with van der Waals surface area (Å²) >= 11 is 0. The van der Waals surface area contributed by atoms with Crippen LogP contribution in [0.1, 0.15) is 34.1 Å². The van der Waals surface area contributed by atoms with Crippen LogP contribution in [0.3, 0.4) is 0 Å². The van der Waals surface area contributed by atoms with Crippen molar-refractivity contribution in [2.75, 3.05) is 0 Å². The minimum absolute atomic E-state index is 0.105. The summed E-state index contributed by atoms with van der Waals surface area (Å²) in [7, 11) is 5.49. The molecular formula is C9H15BO. The summed E-state index contributed by atoms with van der Waals surface area (Å²) in [5, 5.41) is 0. The van der Waals surface area contributed by atoms with Crippen molar-refractivity contribution in [1.82, 2.24) is 0 Å². The average molecular weight is 150 g/mol. The maximum absolute atomic E-state index is 11.4. The van der Waals surface area contributed by atoms with E-state index in [1.54, 1.807) is 13.8 Å². The van der Waals surface area contributed by atoms with E-state index in [0.717, 1.165) is 6.42 Å². The van der Waals surface area contributed by atoms with Crippen molar-refractivity contribution < 1.29 is 4.79 Å². The number of allylic oxidation sites excluding steroid dienone is 2. The molecule has 60 valence electrons. The van der Waals surface area contributed by atoms with E-state index in [1.807, 2.05) is 13.8 Å². The van der Waals surface area contributed by atoms with Crippen LogP contribution in [0, 0.1) is 5.92 Å². The van der Waals surface area contributed by atoms with Crippen molar-refractivity contribution in [1.29, 1.82) is 0 Å². The van der Waals surface area contributed by atoms with E-state index in [9.17, 15) is 4.79 Å². The number of ketones is 1. The summed E-state index contributed by atoms with van der Waals surface area (Å²) in [6, 6.07) is 0. The van der Waals surface area contributed by atoms with Crippen LogP contribution < -0.4 is 0 Å². The molecule has 1 atom stereocenters. The van der Waals surface area contributed by atoms with Gasteiger partial charge in [-0.2, -0.15) is 0 Å². The van der Waals surface area contributed by atoms with E-state index in [0.29, 0.717) is 11.0 Å². The molecule has 0 saturated heterocycles. The first-order chi connectivity index (χ1) is 5.00. The molecule has 0 aromatic rings. The first-order valence-electron chi connectivity index (χ1n) is 3.97. The van der Waals surface area contributed by atoms with Crippen molar-refractivity contribution in [2.45, 2.75) is 34.1 Å². The van der Waals surface area contributed by atoms with Gasteiger partial charge in [0.15, 0.2) is 5.78 Å². The monoisotopic (exact) mass is 150 g/mol. The van der Waals surface area contributed by atoms with Crippen LogP contribution in [-0.4, -0.2) is 13.6 Å². The summed E-state index contributed by atoms with van der Waals surface area (Å²) in [5.41, 5.74) is 1.34. The van der Waals surface area contributed by atoms with Gasteiger partial charge in [-0.3, -0.25) is 4.79 Å². The van der Waals surface area contributed by atoms with E-state index in [-0.39, 0.29) is 11.7 Å². The SMILES string of the molecule is [B]/C(C)=C(\C)C(=O)C(C)CC. The predicted molar refractivity (Wildman–Crippen MR) is 48.6 cm³/mol. The van der Waals surface area contributed by atoms with Crippen LogP contribution in [0.5, 0.6) is 0 Å². The van der Waals surface area contributed by atoms with Gasteiger partial charge < -0.3 is 0 Å². The van der Waals surface area contributed by atoms with Crippen LogP contribution in [0.15, 0.2) is 11.0 Å². The second-order valence-electron chi connectivity index (χ2n) is 2.98. The molecule has 0 aliphatic heterocycles. The lowest BCUT2D eigenvalue weighted by Gasteiger charge is -2.08. The Labute approximate surface area is 70.3 Å². The van der Waals surface area contributed by atoms with Crippen LogP contribution in [0.2, 0.25) is 0 Å². The molecule has 0 amide bonds. The van der Waals surface area contributed by atoms with Crippen molar-refractivity contribution in [3.05, 3.63) is 11.0 Å². The summed E-state index contributed by atoms with van der Waals surface area (Å²) in [5.74, 6) is 0.279. The van der Waals surface area contributed by atoms with Crippen LogP contribution >= 0.6 is 0 Å². The van der Waals surface area contributed by atoms with Crippen molar-refractivity contribution in [3.8, 4) is 0 Å². The van der Waals surface area contributed by atoms with Gasteiger partial charge in [0, 0.05) is 5.92 Å². The predicted octanol–water partition coefficient (Wildman–Crippen LogP) is 2.06. The largest absolute Gasteiger partial charge is 0.294 e. The molecule has 0 aromatic carbocycles. The Bertz CT molecular complexity index is 178. The second kappa shape index (κ2) is 4.37. The lowest BCUT2D eigenvalue weighted by atomic mass is 9.87. The highest BCUT2D eigenvalue weighted by molar-refractivity contribution is 6.24. The number of rotatable bonds is 3. The number of hydrogen-bond donors (Lipinski definition) is 0. The maximum atomic E-state index is 11.4. The van der Waals surface area contributed by atoms with E-state index >= 15 is 0 Å². The van der Waals surface area contributed by atoms with Gasteiger partial charge in [0.1, 0.15) is 7.85 Å². The van der Waals surface area contributed by atoms with Crippen LogP contribution in [-0.2, 0) is 4.79 Å². The molecule has 0 N–H and O–H groups in total. The molecule has 11 heavy (non-hydrogen) atoms. The normalized spacial score (nSPS) is 15.6. The Morgan fingerprint density at radius 3 is 2.18 bits per heavy atom. The highest BCUT2D eigenvalue weighted by atomic mass is 16.1. The molecule has 0 fully saturated rings. The molecule has 0 saturated carbocycles. The van der Waals surface area contributed by atoms with Crippen molar-refractivity contribution in [3.63, 3.8) is 0 Å². The fourth-order valence-corrected chi connectivity index (χ4v) is 0.749. The third-order valence-electron chi connectivity index (χ3n) is 2.02. The van der Waals surface area contributed by atoms with Crippen molar-refractivity contribution in [2.24, 2.45) is 5.92 Å². The molecule has 1 unspecified atom stereocenters. The molecule has 2 radical (unpaired) electrons. The zero-order valence-electron chi connectivity index (χ0n) is 7.77. The minimum Gasteiger partial charge on any atom is -0.294 e. The highest BCUT2D eigenvalue weighted by Crippen LogP contribution is 2.11. The van der Waals surface area contributed by atoms with Gasteiger partial charge >= 0.3 is 0 Å². The summed E-state index contributed by atoms with van der Waals surface area (Å²) in [4.78, 5) is 11.4. The molecule has 0 aliphatic carbocycles. The number of carbonyl (C=O) groups excluding carboxylic acids is 1. The Kier molecular flexibility index (Phi) is 4.16. The van der Waals surface area contributed by atoms with Gasteiger partial charge in [-0.1, -0.05) is 20.8 Å². The lowest BCUT2D eigenvalue weighted by Crippen LogP contribution is -2.12. The molecule has 0 heterocycles. The fraction of sp³-hybridized carbons (Fsp3) is 0.667. The van der Waals surface area contributed by atoms with Crippen LogP contribution in [0.4, 0.5) is 0 Å². The summed E-state index contributed by atoms with van der Waals surface area (Å²) in [6.07, 6.45) is 0.878. The fourth-order valence-electron chi connectivity index (χ4n) is 0.749. The number of hydrogen-bond acceptors (Lipinski definition) is 1. The smallest absolute Gasteiger partial charge is 0.160 e. The summed E-state index contributed by atoms with van der Waals surface area (Å²) in [6.45, 7) is 7.47. The Balaban J connectivity index is 4.38. The van der Waals surface area contributed by atoms with Gasteiger partial charge in [-0.15, -0.1) is 5.47 Å². The molecule has 2 heteroatoms. The molecule has 0 spiro atoms. The Morgan fingerprint density at radius 2 is 1.91 bits per heavy atom. The Hall–Kier alpha value is -0.525. The molecule has 0 bridgehead atoms. The highest BCUT2D eigenvalue weighted by Gasteiger charge is 2.12. The quantitative estimate of drug-likeness (QED) is 0.444. The lowest BCUT2D eigenvalue weighted by molar-refractivity contribution is -0.118. The van der Waals surface area contributed by atoms with E-state index in [4.69, 9.17) is 7.85 Å². The van der Waals surface area contributed by atoms with Gasteiger partial charge in [0.25, 0.3) is 0 Å². The van der Waals surface area contributed by atoms with E-state index < -0.39 is 0 Å². The van der Waals surface area contributed by atoms with Gasteiger partial charge in [-0.05, 0) is 18.9 Å². The van der Waals surface area contributed by atoms with Crippen LogP contribution in [0.25, 0.3) is 0 Å². The third-order valence-corrected chi connectivity index (χ3v) is 2.02. The molecule has 0 rings (SSSR count). The second-order valence-corrected chi connectivity index (χ2v) is 2.98. The first-order valence-corrected chi connectivity index (χ1v) is 3.97. The number of Topliss-reactive ketones (excluding diaryl/α,β-unsaturated/α-hetero) is 1. The zero-order chi connectivity index (χ0) is 9.02. The molecule has 1 nitrogen and oxygen atoms in total. The average Bonchev–Trinajstić information content (AvgIpc) is 2.00. The van der Waals surface area contributed by atoms with Crippen molar-refractivity contribution >= 4 is 13.6 Å². The van der Waals surface area contributed by atoms with E-state index in [2.05, 4.69) is 0 Å². The molecule has 0 aromatic heterocycles. The van der Waals surface area contributed by atoms with Gasteiger partial charge in [0.2, 0.25) is 0 Å². The zero-order valence-corrected chi connectivity index (χ0v) is 7.77. The number of carbonyl (C=O) groups is 1. The standard InChI is InChI=1S/C9H15BO/c1-5-6(2)9(11)7(3)8(4)10/h6H,5H2,1-4H3/b8-7+. The molecular weight excluding hydrogens is 135 g/mol. The Morgan fingerprint density at radius 1 is 1.45 bits per heavy atom. The third kappa shape index (κ3) is 2.92. The molecule has 0 aliphatic rings.